The van der Waals surface area contributed by atoms with E-state index in [1.807, 2.05) is 4.90 Å². The van der Waals surface area contributed by atoms with Crippen LogP contribution < -0.4 is 5.32 Å². The van der Waals surface area contributed by atoms with E-state index in [-0.39, 0.29) is 5.91 Å². The molecule has 0 spiro atoms. The van der Waals surface area contributed by atoms with Gasteiger partial charge in [-0.25, -0.2) is 0 Å². The van der Waals surface area contributed by atoms with Gasteiger partial charge in [0.05, 0.1) is 9.90 Å². The number of hydrogen-bond acceptors (Lipinski definition) is 3. The van der Waals surface area contributed by atoms with Gasteiger partial charge in [0.1, 0.15) is 4.34 Å². The van der Waals surface area contributed by atoms with Crippen LogP contribution in [0.3, 0.4) is 0 Å². The van der Waals surface area contributed by atoms with Gasteiger partial charge in [0.2, 0.25) is 0 Å². The minimum atomic E-state index is 0.0286. The van der Waals surface area contributed by atoms with E-state index in [1.165, 1.54) is 30.6 Å². The Morgan fingerprint density at radius 1 is 1.35 bits per heavy atom. The molecular formula is C14H18Cl2N2OS. The van der Waals surface area contributed by atoms with Crippen LogP contribution in [0.15, 0.2) is 6.07 Å². The van der Waals surface area contributed by atoms with E-state index in [0.717, 1.165) is 26.1 Å². The summed E-state index contributed by atoms with van der Waals surface area (Å²) in [6.45, 7) is 2.77. The molecule has 6 heteroatoms. The molecule has 2 unspecified atom stereocenters. The van der Waals surface area contributed by atoms with E-state index in [4.69, 9.17) is 23.2 Å². The molecule has 2 fully saturated rings. The molecule has 1 aromatic heterocycles. The summed E-state index contributed by atoms with van der Waals surface area (Å²) in [5, 5.41) is 3.56. The van der Waals surface area contributed by atoms with Crippen LogP contribution >= 0.6 is 34.5 Å². The molecule has 0 bridgehead atoms. The van der Waals surface area contributed by atoms with E-state index in [2.05, 4.69) is 5.32 Å². The first-order valence-electron chi connectivity index (χ1n) is 7.12. The number of rotatable bonds is 2. The van der Waals surface area contributed by atoms with Crippen molar-refractivity contribution in [2.75, 3.05) is 19.6 Å². The van der Waals surface area contributed by atoms with Crippen LogP contribution in [0, 0.1) is 5.92 Å². The highest BCUT2D eigenvalue weighted by atomic mass is 35.5. The van der Waals surface area contributed by atoms with Crippen molar-refractivity contribution in [1.29, 1.82) is 0 Å². The van der Waals surface area contributed by atoms with Crippen molar-refractivity contribution in [3.63, 3.8) is 0 Å². The first-order chi connectivity index (χ1) is 9.65. The van der Waals surface area contributed by atoms with Gasteiger partial charge in [-0.3, -0.25) is 4.79 Å². The normalized spacial score (nSPS) is 27.0. The molecule has 3 rings (SSSR count). The minimum Gasteiger partial charge on any atom is -0.338 e. The highest BCUT2D eigenvalue weighted by molar-refractivity contribution is 7.20. The predicted molar refractivity (Wildman–Crippen MR) is 84.0 cm³/mol. The maximum atomic E-state index is 12.6. The second-order valence-electron chi connectivity index (χ2n) is 5.59. The second-order valence-corrected chi connectivity index (χ2v) is 7.88. The zero-order valence-electron chi connectivity index (χ0n) is 11.2. The lowest BCUT2D eigenvalue weighted by molar-refractivity contribution is 0.0652. The van der Waals surface area contributed by atoms with Gasteiger partial charge >= 0.3 is 0 Å². The summed E-state index contributed by atoms with van der Waals surface area (Å²) in [6.07, 6.45) is 4.77. The lowest BCUT2D eigenvalue weighted by Gasteiger charge is -2.35. The van der Waals surface area contributed by atoms with Gasteiger partial charge in [-0.1, -0.05) is 23.2 Å². The number of amides is 1. The fraction of sp³-hybridized carbons (Fsp3) is 0.643. The molecule has 2 aliphatic rings. The molecule has 2 atom stereocenters. The minimum absolute atomic E-state index is 0.0286. The Labute approximate surface area is 133 Å². The molecule has 2 aliphatic heterocycles. The van der Waals surface area contributed by atoms with Crippen molar-refractivity contribution in [2.45, 2.75) is 31.7 Å². The summed E-state index contributed by atoms with van der Waals surface area (Å²) in [6, 6.07) is 2.26. The van der Waals surface area contributed by atoms with Crippen molar-refractivity contribution in [1.82, 2.24) is 10.2 Å². The monoisotopic (exact) mass is 332 g/mol. The first-order valence-corrected chi connectivity index (χ1v) is 8.70. The molecule has 2 saturated heterocycles. The summed E-state index contributed by atoms with van der Waals surface area (Å²) in [5.74, 6) is 0.601. The number of carbonyl (C=O) groups is 1. The zero-order valence-corrected chi connectivity index (χ0v) is 13.5. The number of hydrogen-bond donors (Lipinski definition) is 1. The average Bonchev–Trinajstić information content (AvgIpc) is 3.08. The van der Waals surface area contributed by atoms with E-state index in [1.54, 1.807) is 6.07 Å². The van der Waals surface area contributed by atoms with Crippen molar-refractivity contribution in [3.8, 4) is 0 Å². The summed E-state index contributed by atoms with van der Waals surface area (Å²) in [5.41, 5.74) is 0.557. The molecule has 0 radical (unpaired) electrons. The first kappa shape index (κ1) is 14.6. The Hall–Kier alpha value is -0.290. The molecule has 3 nitrogen and oxygen atoms in total. The standard InChI is InChI=1S/C14H18Cl2N2OS/c15-12-7-10(13(16)20-12)14(19)18-6-2-3-9(8-18)11-4-1-5-17-11/h7,9,11,17H,1-6,8H2. The second kappa shape index (κ2) is 6.22. The quantitative estimate of drug-likeness (QED) is 0.896. The van der Waals surface area contributed by atoms with Crippen LogP contribution in [0.2, 0.25) is 8.67 Å². The van der Waals surface area contributed by atoms with Crippen LogP contribution in [0.25, 0.3) is 0 Å². The Kier molecular flexibility index (Phi) is 4.55. The van der Waals surface area contributed by atoms with Crippen LogP contribution in [0.5, 0.6) is 0 Å². The van der Waals surface area contributed by atoms with E-state index < -0.39 is 0 Å². The smallest absolute Gasteiger partial charge is 0.256 e. The van der Waals surface area contributed by atoms with Gasteiger partial charge in [0.25, 0.3) is 5.91 Å². The number of carbonyl (C=O) groups excluding carboxylic acids is 1. The summed E-state index contributed by atoms with van der Waals surface area (Å²) in [7, 11) is 0. The van der Waals surface area contributed by atoms with Gasteiger partial charge < -0.3 is 10.2 Å². The predicted octanol–water partition coefficient (Wildman–Crippen LogP) is 3.66. The van der Waals surface area contributed by atoms with Crippen LogP contribution in [0.1, 0.15) is 36.0 Å². The molecule has 110 valence electrons. The van der Waals surface area contributed by atoms with Crippen molar-refractivity contribution >= 4 is 40.4 Å². The number of nitrogens with one attached hydrogen (secondary N) is 1. The largest absolute Gasteiger partial charge is 0.338 e. The molecule has 0 aromatic carbocycles. The number of piperidine rings is 1. The van der Waals surface area contributed by atoms with Crippen LogP contribution in [-0.4, -0.2) is 36.5 Å². The van der Waals surface area contributed by atoms with Crippen molar-refractivity contribution < 1.29 is 4.79 Å². The Bertz CT molecular complexity index is 499. The summed E-state index contributed by atoms with van der Waals surface area (Å²) in [4.78, 5) is 14.5. The van der Waals surface area contributed by atoms with Crippen molar-refractivity contribution in [2.24, 2.45) is 5.92 Å². The zero-order chi connectivity index (χ0) is 14.1. The molecule has 3 heterocycles. The molecular weight excluding hydrogens is 315 g/mol. The van der Waals surface area contributed by atoms with E-state index in [9.17, 15) is 4.79 Å². The van der Waals surface area contributed by atoms with Gasteiger partial charge in [0, 0.05) is 19.1 Å². The Balaban J connectivity index is 1.70. The van der Waals surface area contributed by atoms with Crippen LogP contribution in [0.4, 0.5) is 0 Å². The summed E-state index contributed by atoms with van der Waals surface area (Å²) >= 11 is 13.3. The Morgan fingerprint density at radius 2 is 2.20 bits per heavy atom. The van der Waals surface area contributed by atoms with Gasteiger partial charge in [0.15, 0.2) is 0 Å². The van der Waals surface area contributed by atoms with Gasteiger partial charge in [-0.15, -0.1) is 11.3 Å². The number of nitrogens with zero attached hydrogens (tertiary/aromatic N) is 1. The fourth-order valence-electron chi connectivity index (χ4n) is 3.29. The number of likely N-dealkylation sites (tertiary alicyclic amines) is 1. The molecule has 20 heavy (non-hydrogen) atoms. The lowest BCUT2D eigenvalue weighted by Crippen LogP contribution is -2.45. The number of halogens is 2. The molecule has 1 amide bonds. The van der Waals surface area contributed by atoms with E-state index in [0.29, 0.717) is 26.2 Å². The highest BCUT2D eigenvalue weighted by Gasteiger charge is 2.32. The highest BCUT2D eigenvalue weighted by Crippen LogP contribution is 2.33. The third kappa shape index (κ3) is 2.98. The van der Waals surface area contributed by atoms with Crippen molar-refractivity contribution in [3.05, 3.63) is 20.3 Å². The topological polar surface area (TPSA) is 32.3 Å². The lowest BCUT2D eigenvalue weighted by atomic mass is 9.89. The third-order valence-electron chi connectivity index (χ3n) is 4.30. The number of thiophene rings is 1. The molecule has 1 aromatic rings. The Morgan fingerprint density at radius 3 is 2.85 bits per heavy atom. The maximum absolute atomic E-state index is 12.6. The average molecular weight is 333 g/mol. The molecule has 1 N–H and O–H groups in total. The molecule has 0 aliphatic carbocycles. The molecule has 0 saturated carbocycles. The van der Waals surface area contributed by atoms with Gasteiger partial charge in [-0.05, 0) is 44.2 Å². The summed E-state index contributed by atoms with van der Waals surface area (Å²) < 4.78 is 1.07. The fourth-order valence-corrected chi connectivity index (χ4v) is 4.74. The maximum Gasteiger partial charge on any atom is 0.256 e. The SMILES string of the molecule is O=C(c1cc(Cl)sc1Cl)N1CCCC(C2CCCN2)C1. The third-order valence-corrected chi connectivity index (χ3v) is 5.79. The van der Waals surface area contributed by atoms with E-state index >= 15 is 0 Å². The van der Waals surface area contributed by atoms with Gasteiger partial charge in [-0.2, -0.15) is 0 Å². The van der Waals surface area contributed by atoms with Crippen LogP contribution in [-0.2, 0) is 0 Å².